The first-order chi connectivity index (χ1) is 20.5. The maximum absolute atomic E-state index is 15.3. The quantitative estimate of drug-likeness (QED) is 0.335. The third kappa shape index (κ3) is 3.43. The van der Waals surface area contributed by atoms with Gasteiger partial charge in [0.15, 0.2) is 17.5 Å². The molecule has 8 atom stereocenters. The highest BCUT2D eigenvalue weighted by molar-refractivity contribution is 5.99. The van der Waals surface area contributed by atoms with Crippen molar-refractivity contribution in [3.63, 3.8) is 0 Å². The number of ketones is 1. The van der Waals surface area contributed by atoms with Crippen LogP contribution in [0.3, 0.4) is 0 Å². The molecule has 232 valence electrons. The zero-order chi connectivity index (χ0) is 32.1. The summed E-state index contributed by atoms with van der Waals surface area (Å²) in [6, 6.07) is 16.9. The van der Waals surface area contributed by atoms with Gasteiger partial charge < -0.3 is 19.7 Å². The fraction of sp³-hybridized carbons (Fsp3) is 0.486. The van der Waals surface area contributed by atoms with Crippen LogP contribution in [0.5, 0.6) is 0 Å². The molecule has 0 aromatic heterocycles. The van der Waals surface area contributed by atoms with Gasteiger partial charge in [0.2, 0.25) is 0 Å². The van der Waals surface area contributed by atoms with E-state index in [0.717, 1.165) is 0 Å². The molecule has 0 heterocycles. The van der Waals surface area contributed by atoms with Crippen molar-refractivity contribution in [1.82, 2.24) is 0 Å². The van der Waals surface area contributed by atoms with Gasteiger partial charge >= 0.3 is 11.9 Å². The van der Waals surface area contributed by atoms with Crippen LogP contribution in [0.1, 0.15) is 75.6 Å². The lowest BCUT2D eigenvalue weighted by Gasteiger charge is -2.50. The minimum Gasteiger partial charge on any atom is -0.457 e. The van der Waals surface area contributed by atoms with Crippen LogP contribution in [0.4, 0.5) is 0 Å². The summed E-state index contributed by atoms with van der Waals surface area (Å²) in [7, 11) is 0. The van der Waals surface area contributed by atoms with Crippen LogP contribution in [0.25, 0.3) is 0 Å². The monoisotopic (exact) mass is 598 g/mol. The molecule has 0 amide bonds. The zero-order valence-corrected chi connectivity index (χ0v) is 26.5. The second kappa shape index (κ2) is 9.48. The number of hydrogen-bond donors (Lipinski definition) is 2. The van der Waals surface area contributed by atoms with Gasteiger partial charge in [-0.25, -0.2) is 9.59 Å². The SMILES string of the molecule is CC1=C[C@]23C(=O)[C@@](C)(C=C(COC(=O)c4ccccc4)[C@@H](O)[C@]2(O)[C@H]1OC(=O)c1ccccc1)[C@]1(C)C(C)(C)[C@]1(C)C[C@H]3C. The Morgan fingerprint density at radius 1 is 0.886 bits per heavy atom. The second-order valence-electron chi connectivity index (χ2n) is 14.5. The summed E-state index contributed by atoms with van der Waals surface area (Å²) < 4.78 is 11.8. The van der Waals surface area contributed by atoms with Crippen molar-refractivity contribution >= 4 is 17.7 Å². The maximum Gasteiger partial charge on any atom is 0.338 e. The minimum atomic E-state index is -2.26. The van der Waals surface area contributed by atoms with E-state index in [0.29, 0.717) is 17.6 Å². The summed E-state index contributed by atoms with van der Waals surface area (Å²) in [5.74, 6) is -1.91. The average Bonchev–Trinajstić information content (AvgIpc) is 3.25. The molecular weight excluding hydrogens is 556 g/mol. The fourth-order valence-corrected chi connectivity index (χ4v) is 9.85. The van der Waals surface area contributed by atoms with Crippen molar-refractivity contribution < 1.29 is 34.1 Å². The van der Waals surface area contributed by atoms with Crippen LogP contribution in [0, 0.1) is 33.0 Å². The molecule has 44 heavy (non-hydrogen) atoms. The molecule has 2 aromatic carbocycles. The first-order valence-corrected chi connectivity index (χ1v) is 15.4. The van der Waals surface area contributed by atoms with Crippen molar-refractivity contribution in [1.29, 1.82) is 0 Å². The average molecular weight is 599 g/mol. The molecule has 0 aliphatic heterocycles. The van der Waals surface area contributed by atoms with Crippen LogP contribution >= 0.6 is 0 Å². The summed E-state index contributed by atoms with van der Waals surface area (Å²) in [5, 5.41) is 25.3. The van der Waals surface area contributed by atoms with Gasteiger partial charge in [-0.15, -0.1) is 0 Å². The van der Waals surface area contributed by atoms with Gasteiger partial charge in [0, 0.05) is 0 Å². The second-order valence-corrected chi connectivity index (χ2v) is 14.5. The minimum absolute atomic E-state index is 0.207. The lowest BCUT2D eigenvalue weighted by Crippen LogP contribution is -2.66. The van der Waals surface area contributed by atoms with Crippen LogP contribution in [0.15, 0.2) is 84.0 Å². The Morgan fingerprint density at radius 2 is 1.43 bits per heavy atom. The molecule has 0 saturated heterocycles. The van der Waals surface area contributed by atoms with Gasteiger partial charge in [0.1, 0.15) is 12.7 Å². The number of fused-ring (bicyclic) bond motifs is 3. The van der Waals surface area contributed by atoms with Gasteiger partial charge in [-0.1, -0.05) is 83.2 Å². The number of benzene rings is 2. The number of esters is 2. The molecule has 0 unspecified atom stereocenters. The number of aliphatic hydroxyl groups excluding tert-OH is 1. The highest BCUT2D eigenvalue weighted by Crippen LogP contribution is 2.88. The lowest BCUT2D eigenvalue weighted by atomic mass is 9.55. The smallest absolute Gasteiger partial charge is 0.338 e. The van der Waals surface area contributed by atoms with Gasteiger partial charge in [-0.3, -0.25) is 4.79 Å². The molecule has 6 rings (SSSR count). The van der Waals surface area contributed by atoms with Gasteiger partial charge in [0.05, 0.1) is 22.0 Å². The largest absolute Gasteiger partial charge is 0.457 e. The molecule has 2 bridgehead atoms. The van der Waals surface area contributed by atoms with Gasteiger partial charge in [-0.2, -0.15) is 0 Å². The van der Waals surface area contributed by atoms with Gasteiger partial charge in [0.25, 0.3) is 0 Å². The lowest BCUT2D eigenvalue weighted by molar-refractivity contribution is -0.193. The molecular formula is C37H42O7. The van der Waals surface area contributed by atoms with Gasteiger partial charge in [-0.05, 0) is 77.8 Å². The Kier molecular flexibility index (Phi) is 6.56. The summed E-state index contributed by atoms with van der Waals surface area (Å²) >= 11 is 0. The van der Waals surface area contributed by atoms with Crippen molar-refractivity contribution in [3.8, 4) is 0 Å². The van der Waals surface area contributed by atoms with E-state index in [1.807, 2.05) is 13.8 Å². The number of hydrogen-bond acceptors (Lipinski definition) is 7. The molecule has 4 aliphatic carbocycles. The first-order valence-electron chi connectivity index (χ1n) is 15.4. The van der Waals surface area contributed by atoms with E-state index in [9.17, 15) is 19.8 Å². The third-order valence-corrected chi connectivity index (χ3v) is 12.8. The molecule has 7 heteroatoms. The molecule has 2 aromatic rings. The Bertz CT molecular complexity index is 1610. The number of carbonyl (C=O) groups is 3. The molecule has 2 N–H and O–H groups in total. The Morgan fingerprint density at radius 3 is 2.00 bits per heavy atom. The molecule has 7 nitrogen and oxygen atoms in total. The molecule has 0 radical (unpaired) electrons. The van der Waals surface area contributed by atoms with Crippen molar-refractivity contribution in [3.05, 3.63) is 95.1 Å². The zero-order valence-electron chi connectivity index (χ0n) is 26.5. The predicted octanol–water partition coefficient (Wildman–Crippen LogP) is 5.71. The highest BCUT2D eigenvalue weighted by atomic mass is 16.6. The fourth-order valence-electron chi connectivity index (χ4n) is 9.85. The van der Waals surface area contributed by atoms with E-state index in [-0.39, 0.29) is 34.4 Å². The van der Waals surface area contributed by atoms with E-state index in [1.54, 1.807) is 79.7 Å². The van der Waals surface area contributed by atoms with E-state index in [4.69, 9.17) is 9.47 Å². The van der Waals surface area contributed by atoms with E-state index >= 15 is 4.79 Å². The predicted molar refractivity (Wildman–Crippen MR) is 164 cm³/mol. The Balaban J connectivity index is 1.51. The summed E-state index contributed by atoms with van der Waals surface area (Å²) in [5.41, 5.74) is -4.77. The van der Waals surface area contributed by atoms with Crippen LogP contribution in [0.2, 0.25) is 0 Å². The molecule has 1 spiro atoms. The number of ether oxygens (including phenoxy) is 2. The van der Waals surface area contributed by atoms with Crippen LogP contribution in [-0.2, 0) is 14.3 Å². The van der Waals surface area contributed by atoms with Crippen LogP contribution in [-0.4, -0.2) is 52.4 Å². The normalized spacial score (nSPS) is 39.9. The number of rotatable bonds is 5. The summed E-state index contributed by atoms with van der Waals surface area (Å²) in [4.78, 5) is 41.8. The van der Waals surface area contributed by atoms with Crippen LogP contribution < -0.4 is 0 Å². The number of carbonyl (C=O) groups excluding carboxylic acids is 3. The molecule has 4 aliphatic rings. The third-order valence-electron chi connectivity index (χ3n) is 12.8. The summed E-state index contributed by atoms with van der Waals surface area (Å²) in [6.45, 7) is 13.9. The van der Waals surface area contributed by atoms with Crippen molar-refractivity contribution in [2.45, 2.75) is 72.7 Å². The summed E-state index contributed by atoms with van der Waals surface area (Å²) in [6.07, 6.45) is 1.11. The molecule has 2 saturated carbocycles. The number of aliphatic hydroxyl groups is 2. The maximum atomic E-state index is 15.3. The highest BCUT2D eigenvalue weighted by Gasteiger charge is 2.88. The van der Waals surface area contributed by atoms with Crippen molar-refractivity contribution in [2.24, 2.45) is 33.0 Å². The number of allylic oxidation sites excluding steroid dienone is 1. The Hall–Kier alpha value is -3.55. The van der Waals surface area contributed by atoms with E-state index < -0.39 is 51.9 Å². The molecule has 2 fully saturated rings. The van der Waals surface area contributed by atoms with E-state index in [2.05, 4.69) is 27.7 Å². The topological polar surface area (TPSA) is 110 Å². The van der Waals surface area contributed by atoms with Crippen molar-refractivity contribution in [2.75, 3.05) is 6.61 Å². The standard InChI is InChI=1S/C37H42O7/c1-22-18-36-23(2)19-34(6)32(3,4)35(34,7)33(5,31(36)41)20-26(21-43-29(39)24-14-10-8-11-15-24)27(38)37(36,42)28(22)44-30(40)25-16-12-9-13-17-25/h8-18,20,23,27-28,38,42H,19,21H2,1-7H3/t23-,27-,28+,33-,34+,35+,36+,37+/m1/s1. The van der Waals surface area contributed by atoms with E-state index in [1.165, 1.54) is 0 Å². The first kappa shape index (κ1) is 30.5. The number of Topliss-reactive ketones (excluding diaryl/α,β-unsaturated/α-hetero) is 1. The Labute approximate surface area is 259 Å².